The highest BCUT2D eigenvalue weighted by molar-refractivity contribution is 5.85. The lowest BCUT2D eigenvalue weighted by atomic mass is 10.1. The SMILES string of the molecule is COCC(=O)N(CC(=O)N1CCCN(c2ccc(-c3ccc(OC)cc3)nn2)CC1)CC(C)C. The van der Waals surface area contributed by atoms with Crippen molar-refractivity contribution < 1.29 is 19.1 Å². The molecule has 0 aliphatic carbocycles. The predicted molar refractivity (Wildman–Crippen MR) is 131 cm³/mol. The molecule has 184 valence electrons. The van der Waals surface area contributed by atoms with E-state index in [1.807, 2.05) is 55.1 Å². The van der Waals surface area contributed by atoms with Crippen LogP contribution in [0.2, 0.25) is 0 Å². The molecule has 1 aromatic carbocycles. The average Bonchev–Trinajstić information content (AvgIpc) is 3.10. The first-order valence-corrected chi connectivity index (χ1v) is 11.7. The Bertz CT molecular complexity index is 933. The zero-order chi connectivity index (χ0) is 24.5. The molecule has 9 nitrogen and oxygen atoms in total. The Hall–Kier alpha value is -3.20. The first kappa shape index (κ1) is 25.4. The molecule has 34 heavy (non-hydrogen) atoms. The third-order valence-electron chi connectivity index (χ3n) is 5.74. The van der Waals surface area contributed by atoms with Gasteiger partial charge in [0.25, 0.3) is 0 Å². The molecule has 0 spiro atoms. The standard InChI is InChI=1S/C25H35N5O4/c1-19(2)16-30(25(32)18-33-3)17-24(31)29-13-5-12-28(14-15-29)23-11-10-22(26-27-23)20-6-8-21(34-4)9-7-20/h6-11,19H,5,12-18H2,1-4H3. The van der Waals surface area contributed by atoms with Crippen molar-refractivity contribution in [1.82, 2.24) is 20.0 Å². The van der Waals surface area contributed by atoms with E-state index in [1.165, 1.54) is 7.11 Å². The Morgan fingerprint density at radius 2 is 1.76 bits per heavy atom. The third kappa shape index (κ3) is 6.90. The van der Waals surface area contributed by atoms with Crippen molar-refractivity contribution >= 4 is 17.6 Å². The van der Waals surface area contributed by atoms with Crippen LogP contribution >= 0.6 is 0 Å². The number of benzene rings is 1. The molecular weight excluding hydrogens is 434 g/mol. The van der Waals surface area contributed by atoms with Crippen molar-refractivity contribution in [3.63, 3.8) is 0 Å². The fraction of sp³-hybridized carbons (Fsp3) is 0.520. The van der Waals surface area contributed by atoms with Crippen LogP contribution < -0.4 is 9.64 Å². The van der Waals surface area contributed by atoms with Gasteiger partial charge in [-0.05, 0) is 48.7 Å². The van der Waals surface area contributed by atoms with Crippen LogP contribution in [0.15, 0.2) is 36.4 Å². The summed E-state index contributed by atoms with van der Waals surface area (Å²) in [5, 5.41) is 8.83. The van der Waals surface area contributed by atoms with E-state index in [4.69, 9.17) is 9.47 Å². The summed E-state index contributed by atoms with van der Waals surface area (Å²) in [5.41, 5.74) is 1.77. The van der Waals surface area contributed by atoms with Crippen LogP contribution in [0.25, 0.3) is 11.3 Å². The molecule has 0 bridgehead atoms. The van der Waals surface area contributed by atoms with Gasteiger partial charge in [-0.25, -0.2) is 0 Å². The summed E-state index contributed by atoms with van der Waals surface area (Å²) >= 11 is 0. The number of anilines is 1. The van der Waals surface area contributed by atoms with Crippen LogP contribution in [-0.4, -0.2) is 91.9 Å². The van der Waals surface area contributed by atoms with Gasteiger partial charge in [0, 0.05) is 45.4 Å². The monoisotopic (exact) mass is 469 g/mol. The summed E-state index contributed by atoms with van der Waals surface area (Å²) in [6, 6.07) is 11.6. The molecule has 2 heterocycles. The lowest BCUT2D eigenvalue weighted by molar-refractivity contribution is -0.143. The topological polar surface area (TPSA) is 88.1 Å². The second kappa shape index (κ2) is 12.3. The van der Waals surface area contributed by atoms with Gasteiger partial charge < -0.3 is 24.2 Å². The van der Waals surface area contributed by atoms with E-state index in [-0.39, 0.29) is 30.9 Å². The van der Waals surface area contributed by atoms with Gasteiger partial charge in [0.2, 0.25) is 11.8 Å². The molecule has 2 amide bonds. The van der Waals surface area contributed by atoms with Gasteiger partial charge in [-0.15, -0.1) is 10.2 Å². The Balaban J connectivity index is 1.59. The van der Waals surface area contributed by atoms with Gasteiger partial charge in [0.15, 0.2) is 5.82 Å². The second-order valence-corrected chi connectivity index (χ2v) is 8.83. The van der Waals surface area contributed by atoms with Crippen LogP contribution in [0.5, 0.6) is 5.75 Å². The molecule has 0 N–H and O–H groups in total. The maximum atomic E-state index is 13.0. The minimum atomic E-state index is -0.159. The molecule has 0 atom stereocenters. The fourth-order valence-corrected chi connectivity index (χ4v) is 3.98. The lowest BCUT2D eigenvalue weighted by Crippen LogP contribution is -2.46. The molecular formula is C25H35N5O4. The molecule has 3 rings (SSSR count). The van der Waals surface area contributed by atoms with E-state index in [2.05, 4.69) is 15.1 Å². The molecule has 2 aromatic rings. The molecule has 1 aliphatic rings. The van der Waals surface area contributed by atoms with Crippen LogP contribution in [0.3, 0.4) is 0 Å². The van der Waals surface area contributed by atoms with Crippen molar-refractivity contribution in [3.05, 3.63) is 36.4 Å². The number of ether oxygens (including phenoxy) is 2. The number of carbonyl (C=O) groups is 2. The molecule has 1 fully saturated rings. The zero-order valence-electron chi connectivity index (χ0n) is 20.6. The van der Waals surface area contributed by atoms with Gasteiger partial charge in [-0.1, -0.05) is 13.8 Å². The number of methoxy groups -OCH3 is 2. The summed E-state index contributed by atoms with van der Waals surface area (Å²) in [7, 11) is 3.13. The van der Waals surface area contributed by atoms with Crippen molar-refractivity contribution in [3.8, 4) is 17.0 Å². The maximum absolute atomic E-state index is 13.0. The molecule has 0 radical (unpaired) electrons. The Kier molecular flexibility index (Phi) is 9.21. The van der Waals surface area contributed by atoms with Crippen LogP contribution in [0.4, 0.5) is 5.82 Å². The van der Waals surface area contributed by atoms with E-state index in [0.29, 0.717) is 26.2 Å². The van der Waals surface area contributed by atoms with Crippen molar-refractivity contribution in [1.29, 1.82) is 0 Å². The molecule has 0 saturated carbocycles. The molecule has 1 saturated heterocycles. The largest absolute Gasteiger partial charge is 0.497 e. The highest BCUT2D eigenvalue weighted by atomic mass is 16.5. The van der Waals surface area contributed by atoms with Gasteiger partial charge in [-0.3, -0.25) is 9.59 Å². The zero-order valence-corrected chi connectivity index (χ0v) is 20.6. The smallest absolute Gasteiger partial charge is 0.249 e. The number of hydrogen-bond donors (Lipinski definition) is 0. The number of amides is 2. The lowest BCUT2D eigenvalue weighted by Gasteiger charge is -2.28. The van der Waals surface area contributed by atoms with Crippen molar-refractivity contribution in [2.75, 3.05) is 65.0 Å². The van der Waals surface area contributed by atoms with E-state index in [1.54, 1.807) is 12.0 Å². The van der Waals surface area contributed by atoms with E-state index < -0.39 is 0 Å². The number of rotatable bonds is 9. The quantitative estimate of drug-likeness (QED) is 0.557. The maximum Gasteiger partial charge on any atom is 0.249 e. The van der Waals surface area contributed by atoms with Crippen LogP contribution in [0.1, 0.15) is 20.3 Å². The summed E-state index contributed by atoms with van der Waals surface area (Å²) in [6.45, 7) is 7.34. The Morgan fingerprint density at radius 3 is 2.38 bits per heavy atom. The predicted octanol–water partition coefficient (Wildman–Crippen LogP) is 2.32. The number of hydrogen-bond acceptors (Lipinski definition) is 7. The van der Waals surface area contributed by atoms with Crippen molar-refractivity contribution in [2.45, 2.75) is 20.3 Å². The molecule has 1 aliphatic heterocycles. The number of aromatic nitrogens is 2. The third-order valence-corrected chi connectivity index (χ3v) is 5.74. The van der Waals surface area contributed by atoms with Crippen molar-refractivity contribution in [2.24, 2.45) is 5.92 Å². The highest BCUT2D eigenvalue weighted by Gasteiger charge is 2.24. The Morgan fingerprint density at radius 1 is 1.00 bits per heavy atom. The minimum absolute atomic E-state index is 0.0149. The van der Waals surface area contributed by atoms with E-state index in [9.17, 15) is 9.59 Å². The normalized spacial score (nSPS) is 14.1. The first-order valence-electron chi connectivity index (χ1n) is 11.7. The molecule has 0 unspecified atom stereocenters. The highest BCUT2D eigenvalue weighted by Crippen LogP contribution is 2.22. The van der Waals surface area contributed by atoms with Gasteiger partial charge in [0.05, 0.1) is 19.3 Å². The minimum Gasteiger partial charge on any atom is -0.497 e. The summed E-state index contributed by atoms with van der Waals surface area (Å²) < 4.78 is 10.2. The fourth-order valence-electron chi connectivity index (χ4n) is 3.98. The summed E-state index contributed by atoms with van der Waals surface area (Å²) in [5.74, 6) is 1.67. The van der Waals surface area contributed by atoms with Gasteiger partial charge in [0.1, 0.15) is 12.4 Å². The van der Waals surface area contributed by atoms with E-state index >= 15 is 0 Å². The van der Waals surface area contributed by atoms with Gasteiger partial charge >= 0.3 is 0 Å². The molecule has 1 aromatic heterocycles. The summed E-state index contributed by atoms with van der Waals surface area (Å²) in [6.07, 6.45) is 0.823. The number of carbonyl (C=O) groups excluding carboxylic acids is 2. The molecule has 9 heteroatoms. The van der Waals surface area contributed by atoms with Crippen LogP contribution in [-0.2, 0) is 14.3 Å². The second-order valence-electron chi connectivity index (χ2n) is 8.83. The van der Waals surface area contributed by atoms with E-state index in [0.717, 1.165) is 35.8 Å². The average molecular weight is 470 g/mol. The summed E-state index contributed by atoms with van der Waals surface area (Å²) in [4.78, 5) is 30.9. The number of nitrogens with zero attached hydrogens (tertiary/aromatic N) is 5. The van der Waals surface area contributed by atoms with Crippen LogP contribution in [0, 0.1) is 5.92 Å². The Labute approximate surface area is 201 Å². The van der Waals surface area contributed by atoms with Gasteiger partial charge in [-0.2, -0.15) is 0 Å². The first-order chi connectivity index (χ1) is 16.4.